The van der Waals surface area contributed by atoms with Gasteiger partial charge in [-0.15, -0.1) is 0 Å². The molecule has 0 bridgehead atoms. The molecule has 0 heterocycles. The molecule has 5 heteroatoms. The van der Waals surface area contributed by atoms with Gasteiger partial charge >= 0.3 is 5.97 Å². The minimum atomic E-state index is -0.849. The first-order valence-electron chi connectivity index (χ1n) is 9.92. The van der Waals surface area contributed by atoms with E-state index >= 15 is 0 Å². The summed E-state index contributed by atoms with van der Waals surface area (Å²) in [7, 11) is 0. The Bertz CT molecular complexity index is 1140. The second kappa shape index (κ2) is 9.23. The molecule has 1 atom stereocenters. The summed E-state index contributed by atoms with van der Waals surface area (Å²) >= 11 is 0. The molecule has 0 saturated heterocycles. The van der Waals surface area contributed by atoms with Gasteiger partial charge in [-0.1, -0.05) is 48.5 Å². The van der Waals surface area contributed by atoms with Crippen molar-refractivity contribution in [3.05, 3.63) is 82.7 Å². The fourth-order valence-corrected chi connectivity index (χ4v) is 3.75. The number of amides is 1. The molecule has 3 aromatic carbocycles. The van der Waals surface area contributed by atoms with E-state index in [0.29, 0.717) is 24.2 Å². The maximum atomic E-state index is 13.2. The Morgan fingerprint density at radius 1 is 1.13 bits per heavy atom. The van der Waals surface area contributed by atoms with Gasteiger partial charge in [0.2, 0.25) is 5.91 Å². The van der Waals surface area contributed by atoms with Crippen LogP contribution in [0.25, 0.3) is 15.6 Å². The van der Waals surface area contributed by atoms with E-state index in [1.54, 1.807) is 18.2 Å². The molecule has 0 spiro atoms. The molecule has 1 amide bonds. The Morgan fingerprint density at radius 2 is 1.90 bits per heavy atom. The molecule has 0 radical (unpaired) electrons. The first kappa shape index (κ1) is 21.1. The predicted molar refractivity (Wildman–Crippen MR) is 119 cm³/mol. The SMILES string of the molecule is [C-]#[N+]c1ccc(CCCC(=O)O)c(NC(=O)C(C)c2c(C)ccc3ccccc23)c1. The number of carboxylic acids is 1. The fraction of sp³-hybridized carbons (Fsp3) is 0.240. The van der Waals surface area contributed by atoms with Crippen LogP contribution in [0.15, 0.2) is 54.6 Å². The average molecular weight is 400 g/mol. The molecule has 5 nitrogen and oxygen atoms in total. The number of hydrogen-bond donors (Lipinski definition) is 2. The van der Waals surface area contributed by atoms with Crippen LogP contribution < -0.4 is 5.32 Å². The second-order valence-electron chi connectivity index (χ2n) is 7.43. The number of carbonyl (C=O) groups excluding carboxylic acids is 1. The van der Waals surface area contributed by atoms with Crippen molar-refractivity contribution in [1.29, 1.82) is 0 Å². The lowest BCUT2D eigenvalue weighted by molar-refractivity contribution is -0.137. The van der Waals surface area contributed by atoms with Crippen molar-refractivity contribution in [1.82, 2.24) is 0 Å². The number of benzene rings is 3. The quantitative estimate of drug-likeness (QED) is 0.489. The van der Waals surface area contributed by atoms with E-state index in [2.05, 4.69) is 16.2 Å². The van der Waals surface area contributed by atoms with Gasteiger partial charge in [-0.25, -0.2) is 4.85 Å². The molecule has 3 aromatic rings. The highest BCUT2D eigenvalue weighted by molar-refractivity contribution is 6.00. The van der Waals surface area contributed by atoms with Gasteiger partial charge in [0.05, 0.1) is 12.5 Å². The molecule has 2 N–H and O–H groups in total. The third-order valence-electron chi connectivity index (χ3n) is 5.33. The largest absolute Gasteiger partial charge is 0.481 e. The average Bonchev–Trinajstić information content (AvgIpc) is 2.73. The van der Waals surface area contributed by atoms with E-state index in [-0.39, 0.29) is 18.2 Å². The number of fused-ring (bicyclic) bond motifs is 1. The van der Waals surface area contributed by atoms with E-state index in [0.717, 1.165) is 27.5 Å². The van der Waals surface area contributed by atoms with Gasteiger partial charge < -0.3 is 10.4 Å². The fourth-order valence-electron chi connectivity index (χ4n) is 3.75. The maximum absolute atomic E-state index is 13.2. The first-order chi connectivity index (χ1) is 14.4. The maximum Gasteiger partial charge on any atom is 0.303 e. The zero-order chi connectivity index (χ0) is 21.7. The molecular weight excluding hydrogens is 376 g/mol. The van der Waals surface area contributed by atoms with Crippen molar-refractivity contribution in [2.24, 2.45) is 0 Å². The van der Waals surface area contributed by atoms with Gasteiger partial charge in [-0.3, -0.25) is 9.59 Å². The highest BCUT2D eigenvalue weighted by atomic mass is 16.4. The van der Waals surface area contributed by atoms with Gasteiger partial charge in [-0.05, 0) is 60.2 Å². The van der Waals surface area contributed by atoms with Crippen molar-refractivity contribution in [3.8, 4) is 0 Å². The van der Waals surface area contributed by atoms with Crippen LogP contribution in [-0.2, 0) is 16.0 Å². The summed E-state index contributed by atoms with van der Waals surface area (Å²) in [5.74, 6) is -1.39. The van der Waals surface area contributed by atoms with Gasteiger partial charge in [-0.2, -0.15) is 0 Å². The zero-order valence-electron chi connectivity index (χ0n) is 17.1. The normalized spacial score (nSPS) is 11.6. The van der Waals surface area contributed by atoms with Gasteiger partial charge in [0.1, 0.15) is 0 Å². The number of carboxylic acid groups (broad SMARTS) is 1. The molecule has 30 heavy (non-hydrogen) atoms. The number of rotatable bonds is 7. The number of hydrogen-bond acceptors (Lipinski definition) is 2. The molecule has 0 aliphatic rings. The number of nitrogens with one attached hydrogen (secondary N) is 1. The number of carbonyl (C=O) groups is 2. The standard InChI is InChI=1S/C25H24N2O3/c1-16-11-12-18-7-4-5-9-21(18)24(16)17(2)25(30)27-22-15-20(26-3)14-13-19(22)8-6-10-23(28)29/h4-5,7,9,11-15,17H,6,8,10H2,1-2H3,(H,27,30)(H,28,29). The van der Waals surface area contributed by atoms with Crippen LogP contribution in [-0.4, -0.2) is 17.0 Å². The van der Waals surface area contributed by atoms with E-state index in [4.69, 9.17) is 11.7 Å². The van der Waals surface area contributed by atoms with E-state index in [1.165, 1.54) is 0 Å². The summed E-state index contributed by atoms with van der Waals surface area (Å²) in [6, 6.07) is 17.2. The van der Waals surface area contributed by atoms with E-state index in [1.807, 2.05) is 44.2 Å². The summed E-state index contributed by atoms with van der Waals surface area (Å²) in [5, 5.41) is 14.0. The van der Waals surface area contributed by atoms with Crippen LogP contribution in [0.3, 0.4) is 0 Å². The monoisotopic (exact) mass is 400 g/mol. The van der Waals surface area contributed by atoms with Crippen LogP contribution in [0, 0.1) is 13.5 Å². The van der Waals surface area contributed by atoms with Crippen molar-refractivity contribution < 1.29 is 14.7 Å². The Kier molecular flexibility index (Phi) is 6.48. The third-order valence-corrected chi connectivity index (χ3v) is 5.33. The molecule has 0 saturated carbocycles. The molecule has 1 unspecified atom stereocenters. The van der Waals surface area contributed by atoms with Crippen molar-refractivity contribution in [3.63, 3.8) is 0 Å². The Morgan fingerprint density at radius 3 is 2.63 bits per heavy atom. The summed E-state index contributed by atoms with van der Waals surface area (Å²) < 4.78 is 0. The molecular formula is C25H24N2O3. The molecule has 0 fully saturated rings. The lowest BCUT2D eigenvalue weighted by atomic mass is 9.90. The predicted octanol–water partition coefficient (Wildman–Crippen LogP) is 5.85. The minimum Gasteiger partial charge on any atom is -0.481 e. The lowest BCUT2D eigenvalue weighted by Gasteiger charge is -2.19. The summed E-state index contributed by atoms with van der Waals surface area (Å²) in [6.45, 7) is 11.1. The number of nitrogens with zero attached hydrogens (tertiary/aromatic N) is 1. The minimum absolute atomic E-state index is 0.0591. The lowest BCUT2D eigenvalue weighted by Crippen LogP contribution is -2.20. The number of anilines is 1. The van der Waals surface area contributed by atoms with Crippen LogP contribution >= 0.6 is 0 Å². The second-order valence-corrected chi connectivity index (χ2v) is 7.43. The van der Waals surface area contributed by atoms with E-state index < -0.39 is 5.97 Å². The molecule has 0 aromatic heterocycles. The topological polar surface area (TPSA) is 70.8 Å². The van der Waals surface area contributed by atoms with E-state index in [9.17, 15) is 9.59 Å². The smallest absolute Gasteiger partial charge is 0.303 e. The first-order valence-corrected chi connectivity index (χ1v) is 9.92. The summed E-state index contributed by atoms with van der Waals surface area (Å²) in [6.07, 6.45) is 1.04. The summed E-state index contributed by atoms with van der Waals surface area (Å²) in [4.78, 5) is 27.4. The van der Waals surface area contributed by atoms with Crippen molar-refractivity contribution >= 4 is 34.0 Å². The third kappa shape index (κ3) is 4.66. The highest BCUT2D eigenvalue weighted by Gasteiger charge is 2.21. The molecule has 3 rings (SSSR count). The number of aryl methyl sites for hydroxylation is 2. The highest BCUT2D eigenvalue weighted by Crippen LogP contribution is 2.31. The zero-order valence-corrected chi connectivity index (χ0v) is 17.1. The number of aliphatic carboxylic acids is 1. The Balaban J connectivity index is 1.89. The van der Waals surface area contributed by atoms with Gasteiger partial charge in [0.15, 0.2) is 5.69 Å². The Labute approximate surface area is 176 Å². The molecule has 0 aliphatic heterocycles. The van der Waals surface area contributed by atoms with Crippen LogP contribution in [0.2, 0.25) is 0 Å². The Hall–Kier alpha value is -3.65. The van der Waals surface area contributed by atoms with Crippen LogP contribution in [0.1, 0.15) is 42.4 Å². The summed E-state index contributed by atoms with van der Waals surface area (Å²) in [5.41, 5.74) is 3.87. The van der Waals surface area contributed by atoms with Crippen molar-refractivity contribution in [2.75, 3.05) is 5.32 Å². The van der Waals surface area contributed by atoms with Gasteiger partial charge in [0.25, 0.3) is 0 Å². The van der Waals surface area contributed by atoms with Gasteiger partial charge in [0, 0.05) is 12.1 Å². The molecule has 152 valence electrons. The van der Waals surface area contributed by atoms with Crippen LogP contribution in [0.4, 0.5) is 11.4 Å². The van der Waals surface area contributed by atoms with Crippen LogP contribution in [0.5, 0.6) is 0 Å². The molecule has 0 aliphatic carbocycles. The van der Waals surface area contributed by atoms with Crippen molar-refractivity contribution in [2.45, 2.75) is 39.0 Å².